The second kappa shape index (κ2) is 11.0. The van der Waals surface area contributed by atoms with Crippen molar-refractivity contribution in [1.82, 2.24) is 0 Å². The number of aryl methyl sites for hydroxylation is 1. The van der Waals surface area contributed by atoms with Gasteiger partial charge in [-0.3, -0.25) is 8.98 Å². The minimum Gasteiger partial charge on any atom is -0.496 e. The molecule has 170 valence electrons. The van der Waals surface area contributed by atoms with Crippen LogP contribution in [-0.2, 0) is 23.8 Å². The number of methoxy groups -OCH3 is 4. The first-order chi connectivity index (χ1) is 14.7. The van der Waals surface area contributed by atoms with Gasteiger partial charge in [0.05, 0.1) is 46.4 Å². The Kier molecular flexibility index (Phi) is 8.70. The predicted molar refractivity (Wildman–Crippen MR) is 114 cm³/mol. The fraction of sp³-hybridized carbons (Fsp3) is 0.409. The molecule has 0 saturated carbocycles. The highest BCUT2D eigenvalue weighted by molar-refractivity contribution is 7.86. The van der Waals surface area contributed by atoms with E-state index in [1.807, 2.05) is 6.92 Å². The lowest BCUT2D eigenvalue weighted by Gasteiger charge is -2.21. The van der Waals surface area contributed by atoms with Crippen molar-refractivity contribution in [2.45, 2.75) is 30.6 Å². The van der Waals surface area contributed by atoms with Gasteiger partial charge in [0.1, 0.15) is 5.75 Å². The zero-order chi connectivity index (χ0) is 23.0. The predicted octanol–water partition coefficient (Wildman–Crippen LogP) is 3.46. The molecule has 0 spiro atoms. The van der Waals surface area contributed by atoms with Gasteiger partial charge in [0.25, 0.3) is 10.1 Å². The molecule has 0 aliphatic carbocycles. The van der Waals surface area contributed by atoms with Crippen LogP contribution in [-0.4, -0.2) is 49.4 Å². The number of hydrogen-bond acceptors (Lipinski definition) is 8. The van der Waals surface area contributed by atoms with Crippen molar-refractivity contribution in [3.8, 4) is 17.2 Å². The van der Waals surface area contributed by atoms with Crippen molar-refractivity contribution in [2.75, 3.05) is 35.0 Å². The third-order valence-corrected chi connectivity index (χ3v) is 6.16. The van der Waals surface area contributed by atoms with E-state index in [0.717, 1.165) is 5.56 Å². The summed E-state index contributed by atoms with van der Waals surface area (Å²) in [4.78, 5) is 12.1. The van der Waals surface area contributed by atoms with Gasteiger partial charge in [-0.25, -0.2) is 0 Å². The van der Waals surface area contributed by atoms with Crippen LogP contribution in [0.4, 0.5) is 0 Å². The zero-order valence-electron chi connectivity index (χ0n) is 18.3. The molecule has 0 aromatic heterocycles. The molecular formula is C22H28O8S. The van der Waals surface area contributed by atoms with Crippen LogP contribution in [0.25, 0.3) is 0 Å². The highest BCUT2D eigenvalue weighted by Gasteiger charge is 2.24. The molecule has 0 saturated heterocycles. The Bertz CT molecular complexity index is 983. The summed E-state index contributed by atoms with van der Waals surface area (Å²) in [5, 5.41) is 0. The number of carbonyl (C=O) groups excluding carboxylic acids is 1. The molecule has 31 heavy (non-hydrogen) atoms. The van der Waals surface area contributed by atoms with Crippen LogP contribution in [0, 0.1) is 6.92 Å². The molecule has 0 aliphatic heterocycles. The quantitative estimate of drug-likeness (QED) is 0.378. The number of carbonyl (C=O) groups is 1. The van der Waals surface area contributed by atoms with Crippen molar-refractivity contribution in [1.29, 1.82) is 0 Å². The fourth-order valence-corrected chi connectivity index (χ4v) is 4.02. The molecule has 0 amide bonds. The van der Waals surface area contributed by atoms with Crippen LogP contribution >= 0.6 is 0 Å². The Morgan fingerprint density at radius 1 is 0.903 bits per heavy atom. The largest absolute Gasteiger partial charge is 0.496 e. The second-order valence-corrected chi connectivity index (χ2v) is 8.42. The maximum Gasteiger partial charge on any atom is 0.306 e. The van der Waals surface area contributed by atoms with E-state index in [2.05, 4.69) is 0 Å². The standard InChI is InChI=1S/C22H28O8S/c1-15-6-8-17(9-7-15)31(24,25)30-11-10-16(12-22(23)29-5)18-13-20(27-3)21(28-4)14-19(18)26-2/h6-9,13-14,16H,10-12H2,1-5H3. The van der Waals surface area contributed by atoms with Gasteiger partial charge in [-0.15, -0.1) is 0 Å². The minimum atomic E-state index is -3.92. The summed E-state index contributed by atoms with van der Waals surface area (Å²) in [5.74, 6) is 0.533. The first-order valence-corrected chi connectivity index (χ1v) is 11.0. The Labute approximate surface area is 183 Å². The molecule has 0 N–H and O–H groups in total. The lowest BCUT2D eigenvalue weighted by atomic mass is 9.91. The van der Waals surface area contributed by atoms with Gasteiger partial charge in [-0.1, -0.05) is 17.7 Å². The van der Waals surface area contributed by atoms with Crippen molar-refractivity contribution in [3.05, 3.63) is 47.5 Å². The SMILES string of the molecule is COC(=O)CC(CCOS(=O)(=O)c1ccc(C)cc1)c1cc(OC)c(OC)cc1OC. The first-order valence-electron chi connectivity index (χ1n) is 9.58. The van der Waals surface area contributed by atoms with E-state index in [9.17, 15) is 13.2 Å². The van der Waals surface area contributed by atoms with Gasteiger partial charge < -0.3 is 18.9 Å². The van der Waals surface area contributed by atoms with Crippen LogP contribution in [0.3, 0.4) is 0 Å². The summed E-state index contributed by atoms with van der Waals surface area (Å²) >= 11 is 0. The van der Waals surface area contributed by atoms with Gasteiger partial charge in [0, 0.05) is 17.5 Å². The van der Waals surface area contributed by atoms with Gasteiger partial charge in [0.2, 0.25) is 0 Å². The summed E-state index contributed by atoms with van der Waals surface area (Å²) in [6, 6.07) is 9.75. The molecule has 9 heteroatoms. The number of esters is 1. The Morgan fingerprint density at radius 3 is 2.03 bits per heavy atom. The molecule has 8 nitrogen and oxygen atoms in total. The summed E-state index contributed by atoms with van der Waals surface area (Å²) in [7, 11) is 1.88. The summed E-state index contributed by atoms with van der Waals surface area (Å²) in [6.07, 6.45) is 0.238. The van der Waals surface area contributed by atoms with E-state index in [0.29, 0.717) is 22.8 Å². The highest BCUT2D eigenvalue weighted by atomic mass is 32.2. The van der Waals surface area contributed by atoms with Crippen LogP contribution in [0.1, 0.15) is 29.9 Å². The molecule has 2 aromatic rings. The third kappa shape index (κ3) is 6.35. The van der Waals surface area contributed by atoms with Crippen LogP contribution in [0.2, 0.25) is 0 Å². The summed E-state index contributed by atoms with van der Waals surface area (Å²) < 4.78 is 51.1. The monoisotopic (exact) mass is 452 g/mol. The molecule has 0 bridgehead atoms. The smallest absolute Gasteiger partial charge is 0.306 e. The number of hydrogen-bond donors (Lipinski definition) is 0. The van der Waals surface area contributed by atoms with Crippen molar-refractivity contribution in [3.63, 3.8) is 0 Å². The minimum absolute atomic E-state index is 0.0102. The maximum absolute atomic E-state index is 12.5. The third-order valence-electron chi connectivity index (χ3n) is 4.83. The van der Waals surface area contributed by atoms with Gasteiger partial charge in [-0.05, 0) is 31.5 Å². The molecule has 1 atom stereocenters. The second-order valence-electron chi connectivity index (χ2n) is 6.80. The maximum atomic E-state index is 12.5. The lowest BCUT2D eigenvalue weighted by molar-refractivity contribution is -0.141. The van der Waals surface area contributed by atoms with E-state index in [-0.39, 0.29) is 24.3 Å². The average molecular weight is 453 g/mol. The van der Waals surface area contributed by atoms with Crippen LogP contribution < -0.4 is 14.2 Å². The zero-order valence-corrected chi connectivity index (χ0v) is 19.2. The van der Waals surface area contributed by atoms with Crippen LogP contribution in [0.5, 0.6) is 17.2 Å². The van der Waals surface area contributed by atoms with Crippen molar-refractivity contribution in [2.24, 2.45) is 0 Å². The Balaban J connectivity index is 2.27. The molecule has 0 fully saturated rings. The van der Waals surface area contributed by atoms with Crippen LogP contribution in [0.15, 0.2) is 41.3 Å². The summed E-state index contributed by atoms with van der Waals surface area (Å²) in [5.41, 5.74) is 1.60. The number of rotatable bonds is 11. The Hall–Kier alpha value is -2.78. The lowest BCUT2D eigenvalue weighted by Crippen LogP contribution is -2.14. The van der Waals surface area contributed by atoms with E-state index >= 15 is 0 Å². The molecule has 0 aliphatic rings. The molecule has 2 aromatic carbocycles. The van der Waals surface area contributed by atoms with Crippen molar-refractivity contribution >= 4 is 16.1 Å². The Morgan fingerprint density at radius 2 is 1.48 bits per heavy atom. The molecular weight excluding hydrogens is 424 g/mol. The van der Waals surface area contributed by atoms with Crippen molar-refractivity contribution < 1.29 is 36.3 Å². The van der Waals surface area contributed by atoms with E-state index < -0.39 is 22.0 Å². The highest BCUT2D eigenvalue weighted by Crippen LogP contribution is 2.40. The average Bonchev–Trinajstić information content (AvgIpc) is 2.77. The summed E-state index contributed by atoms with van der Waals surface area (Å²) in [6.45, 7) is 1.74. The molecule has 1 unspecified atom stereocenters. The first kappa shape index (κ1) is 24.5. The van der Waals surface area contributed by atoms with E-state index in [1.165, 1.54) is 40.6 Å². The number of ether oxygens (including phenoxy) is 4. The topological polar surface area (TPSA) is 97.4 Å². The van der Waals surface area contributed by atoms with Gasteiger partial charge in [0.15, 0.2) is 11.5 Å². The molecule has 2 rings (SSSR count). The number of benzene rings is 2. The van der Waals surface area contributed by atoms with E-state index in [4.69, 9.17) is 23.1 Å². The molecule has 0 radical (unpaired) electrons. The fourth-order valence-electron chi connectivity index (χ4n) is 3.10. The van der Waals surface area contributed by atoms with Gasteiger partial charge >= 0.3 is 5.97 Å². The van der Waals surface area contributed by atoms with E-state index in [1.54, 1.807) is 24.3 Å². The van der Waals surface area contributed by atoms with Gasteiger partial charge in [-0.2, -0.15) is 8.42 Å². The normalized spacial score (nSPS) is 12.2. The molecule has 0 heterocycles.